The number of carbonyl (C=O) groups is 2. The van der Waals surface area contributed by atoms with Crippen molar-refractivity contribution in [1.82, 2.24) is 5.32 Å². The lowest BCUT2D eigenvalue weighted by Gasteiger charge is -2.15. The molecule has 0 aromatic heterocycles. The van der Waals surface area contributed by atoms with Gasteiger partial charge in [-0.3, -0.25) is 4.79 Å². The van der Waals surface area contributed by atoms with Crippen LogP contribution in [0.4, 0.5) is 0 Å². The van der Waals surface area contributed by atoms with Gasteiger partial charge in [0, 0.05) is 6.07 Å². The topological polar surface area (TPSA) is 87.7 Å². The van der Waals surface area contributed by atoms with E-state index in [0.29, 0.717) is 17.2 Å². The van der Waals surface area contributed by atoms with E-state index in [9.17, 15) is 14.7 Å². The molecule has 1 N–H and O–H groups in total. The molecule has 0 spiro atoms. The van der Waals surface area contributed by atoms with Gasteiger partial charge in [-0.05, 0) is 31.2 Å². The zero-order valence-electron chi connectivity index (χ0n) is 12.5. The molecular weight excluding hydrogens is 298 g/mol. The van der Waals surface area contributed by atoms with Gasteiger partial charge in [0.25, 0.3) is 5.91 Å². The van der Waals surface area contributed by atoms with E-state index in [-0.39, 0.29) is 6.61 Å². The Morgan fingerprint density at radius 2 is 1.70 bits per heavy atom. The summed E-state index contributed by atoms with van der Waals surface area (Å²) >= 11 is 0. The maximum Gasteiger partial charge on any atom is 0.258 e. The maximum absolute atomic E-state index is 11.5. The number of carboxylic acid groups (broad SMARTS) is 1. The van der Waals surface area contributed by atoms with Crippen LogP contribution in [-0.2, 0) is 9.59 Å². The second kappa shape index (κ2) is 7.84. The summed E-state index contributed by atoms with van der Waals surface area (Å²) in [5.74, 6) is -0.204. The summed E-state index contributed by atoms with van der Waals surface area (Å²) in [5.41, 5.74) is 0. The quantitative estimate of drug-likeness (QED) is 0.827. The molecule has 0 saturated carbocycles. The normalized spacial score (nSPS) is 11.3. The number of nitrogens with one attached hydrogen (secondary N) is 1. The third-order valence-corrected chi connectivity index (χ3v) is 2.89. The zero-order valence-corrected chi connectivity index (χ0v) is 12.5. The first-order valence-electron chi connectivity index (χ1n) is 7.00. The minimum Gasteiger partial charge on any atom is -0.548 e. The van der Waals surface area contributed by atoms with Crippen LogP contribution in [0.15, 0.2) is 54.6 Å². The Kier molecular flexibility index (Phi) is 5.57. The van der Waals surface area contributed by atoms with E-state index >= 15 is 0 Å². The SMILES string of the molecule is C[C@H](NC(=O)COc1cccc(Oc2ccccc2)c1)C(=O)[O-]. The van der Waals surface area contributed by atoms with E-state index in [1.54, 1.807) is 24.3 Å². The van der Waals surface area contributed by atoms with Gasteiger partial charge in [-0.15, -0.1) is 0 Å². The van der Waals surface area contributed by atoms with Gasteiger partial charge >= 0.3 is 0 Å². The Morgan fingerprint density at radius 3 is 2.39 bits per heavy atom. The van der Waals surface area contributed by atoms with Crippen LogP contribution in [0.25, 0.3) is 0 Å². The number of carboxylic acids is 1. The number of para-hydroxylation sites is 1. The Balaban J connectivity index is 1.90. The van der Waals surface area contributed by atoms with Gasteiger partial charge in [-0.2, -0.15) is 0 Å². The predicted molar refractivity (Wildman–Crippen MR) is 81.1 cm³/mol. The highest BCUT2D eigenvalue weighted by atomic mass is 16.5. The van der Waals surface area contributed by atoms with E-state index in [4.69, 9.17) is 9.47 Å². The maximum atomic E-state index is 11.5. The van der Waals surface area contributed by atoms with Gasteiger partial charge in [0.2, 0.25) is 0 Å². The molecule has 0 saturated heterocycles. The Labute approximate surface area is 133 Å². The molecule has 0 aliphatic rings. The van der Waals surface area contributed by atoms with E-state index in [0.717, 1.165) is 0 Å². The molecule has 23 heavy (non-hydrogen) atoms. The van der Waals surface area contributed by atoms with Crippen molar-refractivity contribution < 1.29 is 24.2 Å². The van der Waals surface area contributed by atoms with Crippen LogP contribution in [0, 0.1) is 0 Å². The van der Waals surface area contributed by atoms with Crippen molar-refractivity contribution in [2.24, 2.45) is 0 Å². The largest absolute Gasteiger partial charge is 0.548 e. The molecule has 2 aromatic rings. The average Bonchev–Trinajstić information content (AvgIpc) is 2.54. The van der Waals surface area contributed by atoms with Crippen LogP contribution in [0.3, 0.4) is 0 Å². The molecule has 120 valence electrons. The molecule has 0 radical (unpaired) electrons. The van der Waals surface area contributed by atoms with Gasteiger partial charge in [0.15, 0.2) is 6.61 Å². The summed E-state index contributed by atoms with van der Waals surface area (Å²) in [5, 5.41) is 12.8. The molecule has 2 aromatic carbocycles. The summed E-state index contributed by atoms with van der Waals surface area (Å²) in [4.78, 5) is 22.1. The Bertz CT molecular complexity index is 672. The van der Waals surface area contributed by atoms with Crippen molar-refractivity contribution in [2.75, 3.05) is 6.61 Å². The number of aliphatic carboxylic acids is 1. The minimum absolute atomic E-state index is 0.299. The number of hydrogen-bond acceptors (Lipinski definition) is 5. The molecule has 0 bridgehead atoms. The smallest absolute Gasteiger partial charge is 0.258 e. The van der Waals surface area contributed by atoms with Crippen molar-refractivity contribution >= 4 is 11.9 Å². The summed E-state index contributed by atoms with van der Waals surface area (Å²) < 4.78 is 11.0. The summed E-state index contributed by atoms with van der Waals surface area (Å²) in [6.45, 7) is 1.02. The fourth-order valence-electron chi connectivity index (χ4n) is 1.74. The molecule has 0 heterocycles. The number of amides is 1. The number of rotatable bonds is 7. The van der Waals surface area contributed by atoms with E-state index in [1.165, 1.54) is 6.92 Å². The Morgan fingerprint density at radius 1 is 1.04 bits per heavy atom. The standard InChI is InChI=1S/C17H17NO5/c1-12(17(20)21)18-16(19)11-22-14-8-5-9-15(10-14)23-13-6-3-2-4-7-13/h2-10,12H,11H2,1H3,(H,18,19)(H,20,21)/p-1/t12-/m0/s1. The van der Waals surface area contributed by atoms with Gasteiger partial charge in [-0.25, -0.2) is 0 Å². The number of hydrogen-bond donors (Lipinski definition) is 1. The lowest BCUT2D eigenvalue weighted by Crippen LogP contribution is -2.47. The molecule has 0 fully saturated rings. The summed E-state index contributed by atoms with van der Waals surface area (Å²) in [6.07, 6.45) is 0. The highest BCUT2D eigenvalue weighted by molar-refractivity contribution is 5.83. The highest BCUT2D eigenvalue weighted by Gasteiger charge is 2.09. The Hall–Kier alpha value is -3.02. The van der Waals surface area contributed by atoms with Gasteiger partial charge in [0.1, 0.15) is 17.2 Å². The van der Waals surface area contributed by atoms with Crippen LogP contribution in [0.1, 0.15) is 6.92 Å². The van der Waals surface area contributed by atoms with E-state index < -0.39 is 17.9 Å². The van der Waals surface area contributed by atoms with Crippen molar-refractivity contribution in [3.63, 3.8) is 0 Å². The van der Waals surface area contributed by atoms with Crippen LogP contribution < -0.4 is 19.9 Å². The third kappa shape index (κ3) is 5.35. The first-order chi connectivity index (χ1) is 11.0. The second-order valence-electron chi connectivity index (χ2n) is 4.79. The third-order valence-electron chi connectivity index (χ3n) is 2.89. The molecular formula is C17H16NO5-. The lowest BCUT2D eigenvalue weighted by atomic mass is 10.3. The fraction of sp³-hybridized carbons (Fsp3) is 0.176. The van der Waals surface area contributed by atoms with Crippen LogP contribution >= 0.6 is 0 Å². The summed E-state index contributed by atoms with van der Waals surface area (Å²) in [6, 6.07) is 15.0. The van der Waals surface area contributed by atoms with Crippen molar-refractivity contribution in [3.8, 4) is 17.2 Å². The lowest BCUT2D eigenvalue weighted by molar-refractivity contribution is -0.307. The molecule has 6 heteroatoms. The average molecular weight is 314 g/mol. The molecule has 2 rings (SSSR count). The van der Waals surface area contributed by atoms with Crippen LogP contribution in [0.2, 0.25) is 0 Å². The predicted octanol–water partition coefficient (Wildman–Crippen LogP) is 1.11. The van der Waals surface area contributed by atoms with E-state index in [2.05, 4.69) is 5.32 Å². The summed E-state index contributed by atoms with van der Waals surface area (Å²) in [7, 11) is 0. The number of carbonyl (C=O) groups excluding carboxylic acids is 2. The highest BCUT2D eigenvalue weighted by Crippen LogP contribution is 2.24. The molecule has 0 unspecified atom stereocenters. The fourth-order valence-corrected chi connectivity index (χ4v) is 1.74. The van der Waals surface area contributed by atoms with Crippen LogP contribution in [0.5, 0.6) is 17.2 Å². The van der Waals surface area contributed by atoms with Crippen molar-refractivity contribution in [1.29, 1.82) is 0 Å². The van der Waals surface area contributed by atoms with Gasteiger partial charge in [0.05, 0.1) is 12.0 Å². The molecule has 0 aliphatic carbocycles. The van der Waals surface area contributed by atoms with Crippen molar-refractivity contribution in [3.05, 3.63) is 54.6 Å². The van der Waals surface area contributed by atoms with Crippen LogP contribution in [-0.4, -0.2) is 24.5 Å². The number of benzene rings is 2. The number of ether oxygens (including phenoxy) is 2. The van der Waals surface area contributed by atoms with E-state index in [1.807, 2.05) is 30.3 Å². The first-order valence-corrected chi connectivity index (χ1v) is 7.00. The van der Waals surface area contributed by atoms with Gasteiger partial charge in [-0.1, -0.05) is 24.3 Å². The second-order valence-corrected chi connectivity index (χ2v) is 4.79. The molecule has 0 aliphatic heterocycles. The zero-order chi connectivity index (χ0) is 16.7. The van der Waals surface area contributed by atoms with Crippen molar-refractivity contribution in [2.45, 2.75) is 13.0 Å². The first kappa shape index (κ1) is 16.4. The molecule has 1 atom stereocenters. The minimum atomic E-state index is -1.35. The molecule has 6 nitrogen and oxygen atoms in total. The molecule has 1 amide bonds. The van der Waals surface area contributed by atoms with Gasteiger partial charge < -0.3 is 24.7 Å². The monoisotopic (exact) mass is 314 g/mol.